The van der Waals surface area contributed by atoms with Crippen molar-refractivity contribution in [1.82, 2.24) is 14.9 Å². The molecular weight excluding hydrogens is 278 g/mol. The summed E-state index contributed by atoms with van der Waals surface area (Å²) in [5, 5.41) is 1.80. The molecule has 19 heavy (non-hydrogen) atoms. The lowest BCUT2D eigenvalue weighted by Crippen LogP contribution is -2.29. The smallest absolute Gasteiger partial charge is 0.141 e. The maximum atomic E-state index is 6.42. The van der Waals surface area contributed by atoms with Gasteiger partial charge in [-0.05, 0) is 31.4 Å². The van der Waals surface area contributed by atoms with E-state index in [2.05, 4.69) is 16.8 Å². The minimum Gasteiger partial charge on any atom is -0.298 e. The van der Waals surface area contributed by atoms with Crippen LogP contribution in [0.3, 0.4) is 0 Å². The molecule has 0 saturated heterocycles. The average molecular weight is 294 g/mol. The number of halogens is 1. The minimum atomic E-state index is 0.563. The zero-order valence-electron chi connectivity index (χ0n) is 10.9. The molecule has 4 rings (SSSR count). The molecule has 1 fully saturated rings. The summed E-state index contributed by atoms with van der Waals surface area (Å²) in [6, 6.07) is 0. The van der Waals surface area contributed by atoms with Crippen LogP contribution in [-0.2, 0) is 13.0 Å². The molecule has 3 nitrogen and oxygen atoms in total. The molecule has 0 bridgehead atoms. The van der Waals surface area contributed by atoms with Gasteiger partial charge in [-0.3, -0.25) is 4.90 Å². The van der Waals surface area contributed by atoms with E-state index in [4.69, 9.17) is 16.6 Å². The Kier molecular flexibility index (Phi) is 2.79. The van der Waals surface area contributed by atoms with Gasteiger partial charge >= 0.3 is 0 Å². The van der Waals surface area contributed by atoms with Crippen LogP contribution in [0.2, 0.25) is 5.15 Å². The van der Waals surface area contributed by atoms with Crippen molar-refractivity contribution in [2.45, 2.75) is 38.6 Å². The minimum absolute atomic E-state index is 0.563. The molecule has 2 aliphatic rings. The van der Waals surface area contributed by atoms with Crippen molar-refractivity contribution in [2.75, 3.05) is 13.1 Å². The van der Waals surface area contributed by atoms with E-state index in [0.717, 1.165) is 42.1 Å². The van der Waals surface area contributed by atoms with Crippen molar-refractivity contribution in [3.63, 3.8) is 0 Å². The fraction of sp³-hybridized carbons (Fsp3) is 0.571. The second kappa shape index (κ2) is 4.40. The SMILES string of the molecule is CCN1CCc2c(sc3nc(C4CC4)nc(Cl)c23)C1. The molecule has 3 heterocycles. The van der Waals surface area contributed by atoms with Gasteiger partial charge in [-0.1, -0.05) is 18.5 Å². The van der Waals surface area contributed by atoms with Crippen molar-refractivity contribution in [2.24, 2.45) is 0 Å². The Balaban J connectivity index is 1.85. The Bertz CT molecular complexity index is 648. The first-order valence-electron chi connectivity index (χ1n) is 6.96. The predicted octanol–water partition coefficient (Wildman–Crippen LogP) is 3.60. The lowest BCUT2D eigenvalue weighted by atomic mass is 10.1. The largest absolute Gasteiger partial charge is 0.298 e. The van der Waals surface area contributed by atoms with Crippen molar-refractivity contribution in [1.29, 1.82) is 0 Å². The van der Waals surface area contributed by atoms with Crippen LogP contribution in [-0.4, -0.2) is 28.0 Å². The summed E-state index contributed by atoms with van der Waals surface area (Å²) in [5.41, 5.74) is 1.40. The molecule has 5 heteroatoms. The third-order valence-corrected chi connectivity index (χ3v) is 5.53. The molecular formula is C14H16ClN3S. The zero-order valence-corrected chi connectivity index (χ0v) is 12.5. The predicted molar refractivity (Wildman–Crippen MR) is 79.1 cm³/mol. The van der Waals surface area contributed by atoms with Crippen molar-refractivity contribution in [3.8, 4) is 0 Å². The number of thiophene rings is 1. The average Bonchev–Trinajstić information content (AvgIpc) is 3.18. The van der Waals surface area contributed by atoms with E-state index >= 15 is 0 Å². The Labute approximate surface area is 121 Å². The number of hydrogen-bond donors (Lipinski definition) is 0. The standard InChI is InChI=1S/C14H16ClN3S/c1-2-18-6-5-9-10(7-18)19-14-11(9)12(15)16-13(17-14)8-3-4-8/h8H,2-7H2,1H3. The van der Waals surface area contributed by atoms with Gasteiger partial charge < -0.3 is 0 Å². The van der Waals surface area contributed by atoms with Crippen LogP contribution in [0.4, 0.5) is 0 Å². The molecule has 2 aromatic rings. The van der Waals surface area contributed by atoms with E-state index in [-0.39, 0.29) is 0 Å². The van der Waals surface area contributed by atoms with Crippen LogP contribution >= 0.6 is 22.9 Å². The van der Waals surface area contributed by atoms with E-state index in [1.807, 2.05) is 11.3 Å². The highest BCUT2D eigenvalue weighted by Gasteiger charge is 2.29. The normalized spacial score (nSPS) is 19.9. The Morgan fingerprint density at radius 1 is 1.37 bits per heavy atom. The molecule has 0 atom stereocenters. The molecule has 0 N–H and O–H groups in total. The lowest BCUT2D eigenvalue weighted by molar-refractivity contribution is 0.272. The molecule has 1 aliphatic carbocycles. The Morgan fingerprint density at radius 2 is 2.21 bits per heavy atom. The fourth-order valence-electron chi connectivity index (χ4n) is 2.81. The molecule has 2 aromatic heterocycles. The van der Waals surface area contributed by atoms with Crippen molar-refractivity contribution >= 4 is 33.2 Å². The van der Waals surface area contributed by atoms with Crippen LogP contribution < -0.4 is 0 Å². The van der Waals surface area contributed by atoms with Gasteiger partial charge in [0, 0.05) is 23.9 Å². The van der Waals surface area contributed by atoms with Crippen LogP contribution in [0.15, 0.2) is 0 Å². The molecule has 0 spiro atoms. The third-order valence-electron chi connectivity index (χ3n) is 4.14. The summed E-state index contributed by atoms with van der Waals surface area (Å²) >= 11 is 8.24. The summed E-state index contributed by atoms with van der Waals surface area (Å²) < 4.78 is 0. The third kappa shape index (κ3) is 1.97. The first kappa shape index (κ1) is 12.1. The number of rotatable bonds is 2. The van der Waals surface area contributed by atoms with Gasteiger partial charge in [0.2, 0.25) is 0 Å². The highest BCUT2D eigenvalue weighted by molar-refractivity contribution is 7.19. The molecule has 0 radical (unpaired) electrons. The summed E-state index contributed by atoms with van der Waals surface area (Å²) in [5.74, 6) is 1.52. The van der Waals surface area contributed by atoms with E-state index < -0.39 is 0 Å². The molecule has 1 aliphatic heterocycles. The number of fused-ring (bicyclic) bond motifs is 3. The van der Waals surface area contributed by atoms with Gasteiger partial charge in [0.15, 0.2) is 0 Å². The van der Waals surface area contributed by atoms with Gasteiger partial charge in [-0.2, -0.15) is 0 Å². The van der Waals surface area contributed by atoms with E-state index in [1.54, 1.807) is 0 Å². The number of aromatic nitrogens is 2. The van der Waals surface area contributed by atoms with Crippen molar-refractivity contribution in [3.05, 3.63) is 21.4 Å². The Hall–Kier alpha value is -0.710. The van der Waals surface area contributed by atoms with E-state index in [0.29, 0.717) is 11.1 Å². The summed E-state index contributed by atoms with van der Waals surface area (Å²) in [6.07, 6.45) is 3.52. The van der Waals surface area contributed by atoms with Gasteiger partial charge in [0.1, 0.15) is 15.8 Å². The van der Waals surface area contributed by atoms with E-state index in [9.17, 15) is 0 Å². The monoisotopic (exact) mass is 293 g/mol. The van der Waals surface area contributed by atoms with Crippen LogP contribution in [0.1, 0.15) is 41.9 Å². The first-order chi connectivity index (χ1) is 9.26. The first-order valence-corrected chi connectivity index (χ1v) is 8.15. The van der Waals surface area contributed by atoms with Crippen molar-refractivity contribution < 1.29 is 0 Å². The molecule has 100 valence electrons. The molecule has 1 saturated carbocycles. The zero-order chi connectivity index (χ0) is 13.0. The summed E-state index contributed by atoms with van der Waals surface area (Å²) in [4.78, 5) is 14.3. The van der Waals surface area contributed by atoms with Gasteiger partial charge in [0.05, 0.1) is 5.39 Å². The highest BCUT2D eigenvalue weighted by atomic mass is 35.5. The number of hydrogen-bond acceptors (Lipinski definition) is 4. The van der Waals surface area contributed by atoms with Gasteiger partial charge in [-0.25, -0.2) is 9.97 Å². The maximum absolute atomic E-state index is 6.42. The van der Waals surface area contributed by atoms with Crippen LogP contribution in [0.5, 0.6) is 0 Å². The second-order valence-corrected chi connectivity index (χ2v) is 6.89. The fourth-order valence-corrected chi connectivity index (χ4v) is 4.43. The van der Waals surface area contributed by atoms with Crippen LogP contribution in [0.25, 0.3) is 10.2 Å². The summed E-state index contributed by atoms with van der Waals surface area (Å²) in [6.45, 7) is 5.49. The highest BCUT2D eigenvalue weighted by Crippen LogP contribution is 2.42. The second-order valence-electron chi connectivity index (χ2n) is 5.45. The number of likely N-dealkylation sites (N-methyl/N-ethyl adjacent to an activating group) is 1. The molecule has 0 unspecified atom stereocenters. The van der Waals surface area contributed by atoms with Crippen LogP contribution in [0, 0.1) is 0 Å². The van der Waals surface area contributed by atoms with Gasteiger partial charge in [0.25, 0.3) is 0 Å². The molecule has 0 aromatic carbocycles. The summed E-state index contributed by atoms with van der Waals surface area (Å²) in [7, 11) is 0. The lowest BCUT2D eigenvalue weighted by Gasteiger charge is -2.25. The van der Waals surface area contributed by atoms with E-state index in [1.165, 1.54) is 23.3 Å². The number of nitrogens with zero attached hydrogens (tertiary/aromatic N) is 3. The van der Waals surface area contributed by atoms with Gasteiger partial charge in [-0.15, -0.1) is 11.3 Å². The maximum Gasteiger partial charge on any atom is 0.141 e. The Morgan fingerprint density at radius 3 is 2.95 bits per heavy atom. The quantitative estimate of drug-likeness (QED) is 0.792. The topological polar surface area (TPSA) is 29.0 Å². The molecule has 0 amide bonds.